The Labute approximate surface area is 127 Å². The molecule has 0 aliphatic rings. The summed E-state index contributed by atoms with van der Waals surface area (Å²) in [6.45, 7) is -1.47. The van der Waals surface area contributed by atoms with Crippen LogP contribution in [-0.4, -0.2) is 34.6 Å². The van der Waals surface area contributed by atoms with E-state index in [-0.39, 0.29) is 17.1 Å². The van der Waals surface area contributed by atoms with Crippen LogP contribution in [0.15, 0.2) is 36.7 Å². The second kappa shape index (κ2) is 6.81. The quantitative estimate of drug-likeness (QED) is 0.740. The van der Waals surface area contributed by atoms with Crippen molar-refractivity contribution in [1.82, 2.24) is 20.8 Å². The number of hydrogen-bond donors (Lipinski definition) is 3. The van der Waals surface area contributed by atoms with Crippen molar-refractivity contribution in [3.05, 3.63) is 47.9 Å². The molecule has 0 radical (unpaired) electrons. The van der Waals surface area contributed by atoms with Gasteiger partial charge in [-0.15, -0.1) is 0 Å². The number of amides is 2. The van der Waals surface area contributed by atoms with E-state index < -0.39 is 24.6 Å². The van der Waals surface area contributed by atoms with Gasteiger partial charge in [0.05, 0.1) is 5.56 Å². The molecule has 0 bridgehead atoms. The first-order chi connectivity index (χ1) is 10.8. The summed E-state index contributed by atoms with van der Waals surface area (Å²) in [5.74, 6) is -1.50. The lowest BCUT2D eigenvalue weighted by molar-refractivity contribution is -0.154. The molecule has 23 heavy (non-hydrogen) atoms. The van der Waals surface area contributed by atoms with Crippen molar-refractivity contribution in [3.63, 3.8) is 0 Å². The van der Waals surface area contributed by atoms with E-state index in [9.17, 15) is 22.8 Å². The number of nitrogens with one attached hydrogen (secondary N) is 3. The highest BCUT2D eigenvalue weighted by Gasteiger charge is 2.28. The lowest BCUT2D eigenvalue weighted by atomic mass is 10.3. The molecule has 2 amide bonds. The van der Waals surface area contributed by atoms with Crippen molar-refractivity contribution in [2.45, 2.75) is 6.18 Å². The van der Waals surface area contributed by atoms with Crippen molar-refractivity contribution in [2.24, 2.45) is 0 Å². The number of hydrogen-bond acceptors (Lipinski definition) is 4. The Morgan fingerprint density at radius 1 is 1.17 bits per heavy atom. The monoisotopic (exact) mass is 328 g/mol. The highest BCUT2D eigenvalue weighted by atomic mass is 19.4. The molecular weight excluding hydrogens is 317 g/mol. The summed E-state index contributed by atoms with van der Waals surface area (Å²) in [4.78, 5) is 29.6. The van der Waals surface area contributed by atoms with Gasteiger partial charge in [-0.05, 0) is 18.2 Å². The van der Waals surface area contributed by atoms with E-state index in [1.165, 1.54) is 12.1 Å². The fourth-order valence-electron chi connectivity index (χ4n) is 1.48. The fraction of sp³-hybridized carbons (Fsp3) is 0.154. The minimum atomic E-state index is -4.47. The first kappa shape index (κ1) is 16.3. The number of hydrazine groups is 1. The van der Waals surface area contributed by atoms with Gasteiger partial charge in [0.25, 0.3) is 11.8 Å². The van der Waals surface area contributed by atoms with Gasteiger partial charge < -0.3 is 9.72 Å². The molecule has 3 N–H and O–H groups in total. The topological polar surface area (TPSA) is 96.1 Å². The molecule has 0 aliphatic heterocycles. The summed E-state index contributed by atoms with van der Waals surface area (Å²) in [7, 11) is 0. The van der Waals surface area contributed by atoms with Crippen molar-refractivity contribution < 1.29 is 27.5 Å². The number of nitrogens with zero attached hydrogens (tertiary/aromatic N) is 1. The number of halogens is 3. The van der Waals surface area contributed by atoms with E-state index in [1.807, 2.05) is 0 Å². The summed E-state index contributed by atoms with van der Waals surface area (Å²) < 4.78 is 40.4. The Balaban J connectivity index is 1.86. The molecule has 0 saturated carbocycles. The molecule has 2 aromatic heterocycles. The van der Waals surface area contributed by atoms with Gasteiger partial charge in [-0.1, -0.05) is 0 Å². The number of aromatic amines is 1. The molecule has 2 aromatic rings. The zero-order chi connectivity index (χ0) is 16.9. The van der Waals surface area contributed by atoms with Gasteiger partial charge in [-0.25, -0.2) is 4.98 Å². The van der Waals surface area contributed by atoms with Crippen LogP contribution in [0.2, 0.25) is 0 Å². The smallest absolute Gasteiger partial charge is 0.422 e. The zero-order valence-corrected chi connectivity index (χ0v) is 11.5. The molecule has 2 rings (SSSR count). The normalized spacial score (nSPS) is 10.9. The molecular formula is C13H11F3N4O3. The molecule has 7 nitrogen and oxygen atoms in total. The van der Waals surface area contributed by atoms with E-state index >= 15 is 0 Å². The predicted molar refractivity (Wildman–Crippen MR) is 71.5 cm³/mol. The molecule has 0 aromatic carbocycles. The minimum Gasteiger partial charge on any atom is -0.468 e. The van der Waals surface area contributed by atoms with Gasteiger partial charge in [0.1, 0.15) is 5.69 Å². The second-order valence-corrected chi connectivity index (χ2v) is 4.28. The van der Waals surface area contributed by atoms with Crippen LogP contribution in [0.25, 0.3) is 0 Å². The van der Waals surface area contributed by atoms with Crippen LogP contribution in [0.4, 0.5) is 13.2 Å². The van der Waals surface area contributed by atoms with Gasteiger partial charge in [0.2, 0.25) is 5.88 Å². The number of ether oxygens (including phenoxy) is 1. The standard InChI is InChI=1S/C13H11F3N4O3/c14-13(15,16)7-23-10-4-3-8(6-18-10)11(21)19-20-12(22)9-2-1-5-17-9/h1-6,17H,7H2,(H,19,21)(H,20,22). The number of H-pyrrole nitrogens is 1. The molecule has 0 atom stereocenters. The van der Waals surface area contributed by atoms with Crippen LogP contribution in [0.1, 0.15) is 20.8 Å². The summed E-state index contributed by atoms with van der Waals surface area (Å²) in [5, 5.41) is 0. The lowest BCUT2D eigenvalue weighted by Crippen LogP contribution is -2.41. The van der Waals surface area contributed by atoms with Crippen LogP contribution < -0.4 is 15.6 Å². The van der Waals surface area contributed by atoms with E-state index in [0.717, 1.165) is 12.3 Å². The number of rotatable bonds is 4. The molecule has 0 saturated heterocycles. The maximum Gasteiger partial charge on any atom is 0.422 e. The fourth-order valence-corrected chi connectivity index (χ4v) is 1.48. The Bertz CT molecular complexity index is 669. The van der Waals surface area contributed by atoms with Crippen LogP contribution >= 0.6 is 0 Å². The summed E-state index contributed by atoms with van der Waals surface area (Å²) in [6, 6.07) is 5.46. The van der Waals surface area contributed by atoms with Gasteiger partial charge >= 0.3 is 6.18 Å². The molecule has 2 heterocycles. The van der Waals surface area contributed by atoms with Gasteiger partial charge in [-0.2, -0.15) is 13.2 Å². The number of carbonyl (C=O) groups excluding carboxylic acids is 2. The van der Waals surface area contributed by atoms with E-state index in [2.05, 4.69) is 25.6 Å². The second-order valence-electron chi connectivity index (χ2n) is 4.28. The first-order valence-corrected chi connectivity index (χ1v) is 6.25. The van der Waals surface area contributed by atoms with Crippen molar-refractivity contribution in [1.29, 1.82) is 0 Å². The molecule has 0 aliphatic carbocycles. The average Bonchev–Trinajstić information content (AvgIpc) is 3.04. The molecule has 122 valence electrons. The molecule has 0 spiro atoms. The van der Waals surface area contributed by atoms with Crippen molar-refractivity contribution in [3.8, 4) is 5.88 Å². The van der Waals surface area contributed by atoms with E-state index in [4.69, 9.17) is 0 Å². The summed E-state index contributed by atoms with van der Waals surface area (Å²) in [6.07, 6.45) is -1.90. The van der Waals surface area contributed by atoms with Crippen LogP contribution in [0.5, 0.6) is 5.88 Å². The van der Waals surface area contributed by atoms with Gasteiger partial charge in [-0.3, -0.25) is 20.4 Å². The van der Waals surface area contributed by atoms with Crippen molar-refractivity contribution >= 4 is 11.8 Å². The average molecular weight is 328 g/mol. The Hall–Kier alpha value is -3.04. The molecule has 10 heteroatoms. The molecule has 0 unspecified atom stereocenters. The summed E-state index contributed by atoms with van der Waals surface area (Å²) in [5.41, 5.74) is 4.60. The maximum absolute atomic E-state index is 12.0. The van der Waals surface area contributed by atoms with Crippen LogP contribution in [-0.2, 0) is 0 Å². The maximum atomic E-state index is 12.0. The number of aromatic nitrogens is 2. The largest absolute Gasteiger partial charge is 0.468 e. The van der Waals surface area contributed by atoms with Gasteiger partial charge in [0, 0.05) is 18.5 Å². The third-order valence-corrected chi connectivity index (χ3v) is 2.51. The SMILES string of the molecule is O=C(NNC(=O)c1ccc[nH]1)c1ccc(OCC(F)(F)F)nc1. The zero-order valence-electron chi connectivity index (χ0n) is 11.5. The van der Waals surface area contributed by atoms with E-state index in [1.54, 1.807) is 12.3 Å². The number of pyridine rings is 1. The third-order valence-electron chi connectivity index (χ3n) is 2.51. The van der Waals surface area contributed by atoms with Crippen molar-refractivity contribution in [2.75, 3.05) is 6.61 Å². The van der Waals surface area contributed by atoms with E-state index in [0.29, 0.717) is 0 Å². The number of alkyl halides is 3. The Kier molecular flexibility index (Phi) is 4.84. The Morgan fingerprint density at radius 3 is 2.48 bits per heavy atom. The third kappa shape index (κ3) is 5.02. The highest BCUT2D eigenvalue weighted by molar-refractivity contribution is 5.98. The Morgan fingerprint density at radius 2 is 1.91 bits per heavy atom. The number of carbonyl (C=O) groups is 2. The van der Waals surface area contributed by atoms with Crippen LogP contribution in [0.3, 0.4) is 0 Å². The first-order valence-electron chi connectivity index (χ1n) is 6.25. The predicted octanol–water partition coefficient (Wildman–Crippen LogP) is 1.43. The minimum absolute atomic E-state index is 0.0381. The lowest BCUT2D eigenvalue weighted by Gasteiger charge is -2.09. The summed E-state index contributed by atoms with van der Waals surface area (Å²) >= 11 is 0. The van der Waals surface area contributed by atoms with Gasteiger partial charge in [0.15, 0.2) is 6.61 Å². The molecule has 0 fully saturated rings. The van der Waals surface area contributed by atoms with Crippen LogP contribution in [0, 0.1) is 0 Å². The highest BCUT2D eigenvalue weighted by Crippen LogP contribution is 2.16.